The van der Waals surface area contributed by atoms with E-state index in [1.165, 1.54) is 32.1 Å². The summed E-state index contributed by atoms with van der Waals surface area (Å²) >= 11 is 1.97. The molecule has 86 valence electrons. The molecule has 0 nitrogen and oxygen atoms in total. The van der Waals surface area contributed by atoms with Crippen LogP contribution in [0.15, 0.2) is 22.0 Å². The van der Waals surface area contributed by atoms with Crippen LogP contribution in [0, 0.1) is 5.41 Å². The minimum atomic E-state index is 0.426. The standard InChI is InChI=1S/C14H24S/c1-5-10-14(4,7-3)13-12(6-2)9-8-11-15-13/h8,11H,5-7,9-10H2,1-4H3. The zero-order chi connectivity index (χ0) is 11.3. The van der Waals surface area contributed by atoms with Crippen LogP contribution in [0.25, 0.3) is 0 Å². The van der Waals surface area contributed by atoms with Gasteiger partial charge in [0.1, 0.15) is 0 Å². The Morgan fingerprint density at radius 3 is 2.60 bits per heavy atom. The molecule has 0 aromatic heterocycles. The summed E-state index contributed by atoms with van der Waals surface area (Å²) in [5, 5.41) is 2.28. The molecule has 1 unspecified atom stereocenters. The van der Waals surface area contributed by atoms with Gasteiger partial charge < -0.3 is 0 Å². The summed E-state index contributed by atoms with van der Waals surface area (Å²) in [5.41, 5.74) is 2.09. The number of rotatable bonds is 5. The van der Waals surface area contributed by atoms with E-state index in [4.69, 9.17) is 0 Å². The van der Waals surface area contributed by atoms with Crippen LogP contribution in [0.5, 0.6) is 0 Å². The summed E-state index contributed by atoms with van der Waals surface area (Å²) in [6.07, 6.45) is 8.57. The van der Waals surface area contributed by atoms with Crippen LogP contribution in [-0.4, -0.2) is 0 Å². The van der Waals surface area contributed by atoms with Crippen molar-refractivity contribution in [2.24, 2.45) is 5.41 Å². The van der Waals surface area contributed by atoms with Crippen molar-refractivity contribution in [2.75, 3.05) is 0 Å². The van der Waals surface area contributed by atoms with E-state index in [9.17, 15) is 0 Å². The molecular formula is C14H24S. The number of thioether (sulfide) groups is 1. The summed E-state index contributed by atoms with van der Waals surface area (Å²) in [7, 11) is 0. The maximum atomic E-state index is 2.44. The molecule has 15 heavy (non-hydrogen) atoms. The molecule has 1 aliphatic rings. The van der Waals surface area contributed by atoms with Crippen LogP contribution < -0.4 is 0 Å². The average Bonchev–Trinajstić information content (AvgIpc) is 2.29. The maximum Gasteiger partial charge on any atom is -0.00152 e. The van der Waals surface area contributed by atoms with Gasteiger partial charge >= 0.3 is 0 Å². The van der Waals surface area contributed by atoms with Crippen LogP contribution in [0.3, 0.4) is 0 Å². The summed E-state index contributed by atoms with van der Waals surface area (Å²) in [5.74, 6) is 0. The van der Waals surface area contributed by atoms with Gasteiger partial charge in [0.25, 0.3) is 0 Å². The summed E-state index contributed by atoms with van der Waals surface area (Å²) in [6.45, 7) is 9.35. The first-order chi connectivity index (χ1) is 7.18. The number of hydrogen-bond acceptors (Lipinski definition) is 1. The SMILES string of the molecule is CCCC(C)(CC)C1=C(CC)CC=CS1. The van der Waals surface area contributed by atoms with Crippen LogP contribution >= 0.6 is 11.8 Å². The van der Waals surface area contributed by atoms with Crippen molar-refractivity contribution in [3.8, 4) is 0 Å². The molecular weight excluding hydrogens is 200 g/mol. The monoisotopic (exact) mass is 224 g/mol. The number of allylic oxidation sites excluding steroid dienone is 3. The number of hydrogen-bond donors (Lipinski definition) is 0. The van der Waals surface area contributed by atoms with Crippen molar-refractivity contribution in [1.82, 2.24) is 0 Å². The quantitative estimate of drug-likeness (QED) is 0.592. The van der Waals surface area contributed by atoms with Crippen molar-refractivity contribution in [3.63, 3.8) is 0 Å². The van der Waals surface area contributed by atoms with Gasteiger partial charge in [-0.2, -0.15) is 0 Å². The highest BCUT2D eigenvalue weighted by molar-refractivity contribution is 8.05. The normalized spacial score (nSPS) is 20.5. The largest absolute Gasteiger partial charge is 0.102 e. The van der Waals surface area contributed by atoms with Gasteiger partial charge in [-0.15, -0.1) is 11.8 Å². The van der Waals surface area contributed by atoms with E-state index in [-0.39, 0.29) is 0 Å². The Kier molecular flexibility index (Phi) is 4.98. The van der Waals surface area contributed by atoms with Crippen molar-refractivity contribution in [3.05, 3.63) is 22.0 Å². The predicted molar refractivity (Wildman–Crippen MR) is 72.0 cm³/mol. The zero-order valence-electron chi connectivity index (χ0n) is 10.6. The van der Waals surface area contributed by atoms with Gasteiger partial charge in [0.2, 0.25) is 0 Å². The molecule has 0 amide bonds. The Hall–Kier alpha value is -0.170. The molecule has 1 rings (SSSR count). The second-order valence-electron chi connectivity index (χ2n) is 4.64. The highest BCUT2D eigenvalue weighted by Gasteiger charge is 2.28. The predicted octanol–water partition coefficient (Wildman–Crippen LogP) is 5.52. The third-order valence-electron chi connectivity index (χ3n) is 3.52. The lowest BCUT2D eigenvalue weighted by Gasteiger charge is -2.33. The van der Waals surface area contributed by atoms with E-state index in [1.54, 1.807) is 10.5 Å². The van der Waals surface area contributed by atoms with Gasteiger partial charge in [0.15, 0.2) is 0 Å². The lowest BCUT2D eigenvalue weighted by Crippen LogP contribution is -2.18. The molecule has 0 aromatic rings. The fourth-order valence-electron chi connectivity index (χ4n) is 2.36. The van der Waals surface area contributed by atoms with Crippen molar-refractivity contribution in [2.45, 2.75) is 59.8 Å². The molecule has 1 heterocycles. The van der Waals surface area contributed by atoms with Gasteiger partial charge in [-0.05, 0) is 41.4 Å². The van der Waals surface area contributed by atoms with E-state index < -0.39 is 0 Å². The molecule has 1 aliphatic heterocycles. The Labute approximate surface area is 99.2 Å². The topological polar surface area (TPSA) is 0 Å². The van der Waals surface area contributed by atoms with Gasteiger partial charge in [-0.25, -0.2) is 0 Å². The molecule has 0 radical (unpaired) electrons. The van der Waals surface area contributed by atoms with Crippen molar-refractivity contribution in [1.29, 1.82) is 0 Å². The molecule has 0 N–H and O–H groups in total. The Bertz CT molecular complexity index is 263. The van der Waals surface area contributed by atoms with Gasteiger partial charge in [-0.1, -0.05) is 45.8 Å². The van der Waals surface area contributed by atoms with Crippen LogP contribution in [-0.2, 0) is 0 Å². The summed E-state index contributed by atoms with van der Waals surface area (Å²) in [4.78, 5) is 1.66. The second kappa shape index (κ2) is 5.79. The maximum absolute atomic E-state index is 2.44. The second-order valence-corrected chi connectivity index (χ2v) is 5.56. The van der Waals surface area contributed by atoms with Gasteiger partial charge in [0.05, 0.1) is 0 Å². The Balaban J connectivity index is 2.94. The van der Waals surface area contributed by atoms with E-state index in [0.717, 1.165) is 0 Å². The molecule has 0 aliphatic carbocycles. The van der Waals surface area contributed by atoms with Crippen LogP contribution in [0.1, 0.15) is 59.8 Å². The summed E-state index contributed by atoms with van der Waals surface area (Å²) < 4.78 is 0. The van der Waals surface area contributed by atoms with Crippen LogP contribution in [0.4, 0.5) is 0 Å². The fraction of sp³-hybridized carbons (Fsp3) is 0.714. The van der Waals surface area contributed by atoms with E-state index in [0.29, 0.717) is 5.41 Å². The zero-order valence-corrected chi connectivity index (χ0v) is 11.4. The third-order valence-corrected chi connectivity index (χ3v) is 4.87. The van der Waals surface area contributed by atoms with Gasteiger partial charge in [0, 0.05) is 0 Å². The molecule has 0 bridgehead atoms. The first-order valence-corrected chi connectivity index (χ1v) is 7.10. The van der Waals surface area contributed by atoms with E-state index in [2.05, 4.69) is 39.2 Å². The minimum Gasteiger partial charge on any atom is -0.102 e. The first-order valence-electron chi connectivity index (χ1n) is 6.22. The van der Waals surface area contributed by atoms with Crippen molar-refractivity contribution < 1.29 is 0 Å². The molecule has 0 fully saturated rings. The molecule has 0 saturated heterocycles. The van der Waals surface area contributed by atoms with Crippen LogP contribution in [0.2, 0.25) is 0 Å². The first kappa shape index (κ1) is 12.9. The lowest BCUT2D eigenvalue weighted by molar-refractivity contribution is 0.361. The van der Waals surface area contributed by atoms with Gasteiger partial charge in [-0.3, -0.25) is 0 Å². The Morgan fingerprint density at radius 1 is 1.33 bits per heavy atom. The molecule has 0 saturated carbocycles. The molecule has 0 aromatic carbocycles. The highest BCUT2D eigenvalue weighted by atomic mass is 32.2. The van der Waals surface area contributed by atoms with E-state index in [1.807, 2.05) is 11.8 Å². The smallest absolute Gasteiger partial charge is 0.00152 e. The van der Waals surface area contributed by atoms with Crippen molar-refractivity contribution >= 4 is 11.8 Å². The molecule has 1 heteroatoms. The molecule has 0 spiro atoms. The third kappa shape index (κ3) is 2.90. The molecule has 1 atom stereocenters. The fourth-order valence-corrected chi connectivity index (χ4v) is 3.61. The Morgan fingerprint density at radius 2 is 2.07 bits per heavy atom. The minimum absolute atomic E-state index is 0.426. The van der Waals surface area contributed by atoms with E-state index >= 15 is 0 Å². The lowest BCUT2D eigenvalue weighted by atomic mass is 9.80. The summed E-state index contributed by atoms with van der Waals surface area (Å²) in [6, 6.07) is 0. The average molecular weight is 224 g/mol. The highest BCUT2D eigenvalue weighted by Crippen LogP contribution is 2.47.